The number of rotatable bonds is 5. The fourth-order valence-corrected chi connectivity index (χ4v) is 2.30. The highest BCUT2D eigenvalue weighted by molar-refractivity contribution is 5.54. The van der Waals surface area contributed by atoms with Crippen molar-refractivity contribution < 1.29 is 5.11 Å². The molecule has 0 fully saturated rings. The number of aliphatic hydroxyl groups is 1. The van der Waals surface area contributed by atoms with Crippen LogP contribution in [0.5, 0.6) is 0 Å². The van der Waals surface area contributed by atoms with Gasteiger partial charge >= 0.3 is 0 Å². The van der Waals surface area contributed by atoms with Gasteiger partial charge in [-0.3, -0.25) is 0 Å². The maximum absolute atomic E-state index is 9.11. The fraction of sp³-hybridized carbons (Fsp3) is 0.294. The summed E-state index contributed by atoms with van der Waals surface area (Å²) in [6.45, 7) is 3.21. The molecular formula is C17H21NO. The van der Waals surface area contributed by atoms with Crippen molar-refractivity contribution in [3.63, 3.8) is 0 Å². The number of anilines is 1. The molecule has 1 aromatic rings. The zero-order chi connectivity index (χ0) is 13.5. The SMILES string of the molecule is CC1=C(N(CCCO)c2ccccc2)CC=CC=C1. The van der Waals surface area contributed by atoms with Gasteiger partial charge in [-0.1, -0.05) is 42.5 Å². The minimum atomic E-state index is 0.224. The number of allylic oxidation sites excluding steroid dienone is 5. The van der Waals surface area contributed by atoms with Crippen LogP contribution in [0.2, 0.25) is 0 Å². The van der Waals surface area contributed by atoms with Crippen molar-refractivity contribution >= 4 is 5.69 Å². The topological polar surface area (TPSA) is 23.5 Å². The van der Waals surface area contributed by atoms with Crippen LogP contribution in [0.15, 0.2) is 65.9 Å². The summed E-state index contributed by atoms with van der Waals surface area (Å²) < 4.78 is 0. The number of benzene rings is 1. The van der Waals surface area contributed by atoms with Crippen LogP contribution in [-0.2, 0) is 0 Å². The molecule has 2 heteroatoms. The highest BCUT2D eigenvalue weighted by atomic mass is 16.3. The second-order valence-electron chi connectivity index (χ2n) is 4.69. The molecule has 0 aliphatic heterocycles. The van der Waals surface area contributed by atoms with Crippen molar-refractivity contribution in [2.24, 2.45) is 0 Å². The van der Waals surface area contributed by atoms with Gasteiger partial charge in [0, 0.05) is 31.0 Å². The Morgan fingerprint density at radius 1 is 1.16 bits per heavy atom. The van der Waals surface area contributed by atoms with Crippen molar-refractivity contribution in [1.82, 2.24) is 0 Å². The summed E-state index contributed by atoms with van der Waals surface area (Å²) in [4.78, 5) is 2.31. The molecule has 1 aliphatic rings. The molecule has 2 nitrogen and oxygen atoms in total. The standard InChI is InChI=1S/C17H21NO/c1-15-9-4-2-7-12-17(15)18(13-8-14-19)16-10-5-3-6-11-16/h2-7,9-11,19H,8,12-14H2,1H3. The first-order chi connectivity index (χ1) is 9.33. The quantitative estimate of drug-likeness (QED) is 0.868. The van der Waals surface area contributed by atoms with Gasteiger partial charge in [-0.15, -0.1) is 0 Å². The molecule has 1 N–H and O–H groups in total. The minimum absolute atomic E-state index is 0.224. The largest absolute Gasteiger partial charge is 0.396 e. The van der Waals surface area contributed by atoms with E-state index in [4.69, 9.17) is 5.11 Å². The minimum Gasteiger partial charge on any atom is -0.396 e. The molecule has 19 heavy (non-hydrogen) atoms. The van der Waals surface area contributed by atoms with E-state index in [1.54, 1.807) is 0 Å². The zero-order valence-electron chi connectivity index (χ0n) is 11.4. The molecule has 0 amide bonds. The van der Waals surface area contributed by atoms with Crippen molar-refractivity contribution in [2.45, 2.75) is 19.8 Å². The average molecular weight is 255 g/mol. The van der Waals surface area contributed by atoms with Crippen LogP contribution >= 0.6 is 0 Å². The molecular weight excluding hydrogens is 234 g/mol. The van der Waals surface area contributed by atoms with E-state index in [1.807, 2.05) is 6.07 Å². The lowest BCUT2D eigenvalue weighted by Gasteiger charge is -2.28. The molecule has 1 aliphatic carbocycles. The molecule has 0 heterocycles. The third kappa shape index (κ3) is 3.58. The Morgan fingerprint density at radius 3 is 2.68 bits per heavy atom. The molecule has 100 valence electrons. The third-order valence-electron chi connectivity index (χ3n) is 3.29. The molecule has 0 aromatic heterocycles. The summed E-state index contributed by atoms with van der Waals surface area (Å²) in [5.41, 5.74) is 3.78. The lowest BCUT2D eigenvalue weighted by Crippen LogP contribution is -2.25. The molecule has 0 radical (unpaired) electrons. The first-order valence-corrected chi connectivity index (χ1v) is 6.79. The second kappa shape index (κ2) is 6.95. The molecule has 0 unspecified atom stereocenters. The monoisotopic (exact) mass is 255 g/mol. The third-order valence-corrected chi connectivity index (χ3v) is 3.29. The van der Waals surface area contributed by atoms with E-state index in [0.717, 1.165) is 19.4 Å². The highest BCUT2D eigenvalue weighted by Crippen LogP contribution is 2.25. The Balaban J connectivity index is 2.32. The Hall–Kier alpha value is -1.80. The smallest absolute Gasteiger partial charge is 0.0448 e. The van der Waals surface area contributed by atoms with Gasteiger partial charge in [0.1, 0.15) is 0 Å². The summed E-state index contributed by atoms with van der Waals surface area (Å²) in [5.74, 6) is 0. The Labute approximate surface area is 115 Å². The Bertz CT molecular complexity index is 485. The molecule has 0 bridgehead atoms. The van der Waals surface area contributed by atoms with Crippen LogP contribution in [0.1, 0.15) is 19.8 Å². The summed E-state index contributed by atoms with van der Waals surface area (Å²) in [6.07, 6.45) is 10.2. The maximum Gasteiger partial charge on any atom is 0.0448 e. The molecule has 0 saturated heterocycles. The number of para-hydroxylation sites is 1. The molecule has 0 saturated carbocycles. The van der Waals surface area contributed by atoms with Crippen molar-refractivity contribution in [1.29, 1.82) is 0 Å². The van der Waals surface area contributed by atoms with Gasteiger partial charge in [-0.25, -0.2) is 0 Å². The first kappa shape index (κ1) is 13.6. The summed E-state index contributed by atoms with van der Waals surface area (Å²) in [7, 11) is 0. The van der Waals surface area contributed by atoms with E-state index in [9.17, 15) is 0 Å². The van der Waals surface area contributed by atoms with E-state index in [1.165, 1.54) is 17.0 Å². The summed E-state index contributed by atoms with van der Waals surface area (Å²) >= 11 is 0. The highest BCUT2D eigenvalue weighted by Gasteiger charge is 2.13. The van der Waals surface area contributed by atoms with Gasteiger partial charge in [-0.2, -0.15) is 0 Å². The van der Waals surface area contributed by atoms with Gasteiger partial charge in [0.25, 0.3) is 0 Å². The zero-order valence-corrected chi connectivity index (χ0v) is 11.4. The van der Waals surface area contributed by atoms with Gasteiger partial charge < -0.3 is 10.0 Å². The average Bonchev–Trinajstić information content (AvgIpc) is 2.66. The van der Waals surface area contributed by atoms with Crippen LogP contribution in [0, 0.1) is 0 Å². The fourth-order valence-electron chi connectivity index (χ4n) is 2.30. The van der Waals surface area contributed by atoms with Gasteiger partial charge in [0.2, 0.25) is 0 Å². The van der Waals surface area contributed by atoms with Crippen molar-refractivity contribution in [3.05, 3.63) is 65.9 Å². The van der Waals surface area contributed by atoms with Crippen LogP contribution in [-0.4, -0.2) is 18.3 Å². The lowest BCUT2D eigenvalue weighted by atomic mass is 10.1. The van der Waals surface area contributed by atoms with Crippen LogP contribution in [0.25, 0.3) is 0 Å². The van der Waals surface area contributed by atoms with Crippen LogP contribution in [0.4, 0.5) is 5.69 Å². The maximum atomic E-state index is 9.11. The van der Waals surface area contributed by atoms with Crippen LogP contribution < -0.4 is 4.90 Å². The van der Waals surface area contributed by atoms with E-state index in [2.05, 4.69) is 60.4 Å². The van der Waals surface area contributed by atoms with Crippen LogP contribution in [0.3, 0.4) is 0 Å². The number of hydrogen-bond donors (Lipinski definition) is 1. The van der Waals surface area contributed by atoms with Crippen molar-refractivity contribution in [2.75, 3.05) is 18.1 Å². The Kier molecular flexibility index (Phi) is 4.99. The van der Waals surface area contributed by atoms with E-state index in [0.29, 0.717) is 0 Å². The molecule has 2 rings (SSSR count). The van der Waals surface area contributed by atoms with E-state index in [-0.39, 0.29) is 6.61 Å². The molecule has 1 aromatic carbocycles. The predicted molar refractivity (Wildman–Crippen MR) is 81.1 cm³/mol. The second-order valence-corrected chi connectivity index (χ2v) is 4.69. The van der Waals surface area contributed by atoms with Gasteiger partial charge in [0.05, 0.1) is 0 Å². The number of hydrogen-bond acceptors (Lipinski definition) is 2. The Morgan fingerprint density at radius 2 is 1.95 bits per heavy atom. The van der Waals surface area contributed by atoms with Gasteiger partial charge in [-0.05, 0) is 31.1 Å². The van der Waals surface area contributed by atoms with E-state index < -0.39 is 0 Å². The first-order valence-electron chi connectivity index (χ1n) is 6.79. The number of nitrogens with zero attached hydrogens (tertiary/aromatic N) is 1. The summed E-state index contributed by atoms with van der Waals surface area (Å²) in [5, 5.41) is 9.11. The van der Waals surface area contributed by atoms with Crippen molar-refractivity contribution in [3.8, 4) is 0 Å². The summed E-state index contributed by atoms with van der Waals surface area (Å²) in [6, 6.07) is 10.4. The normalized spacial score (nSPS) is 14.6. The number of aliphatic hydroxyl groups excluding tert-OH is 1. The lowest BCUT2D eigenvalue weighted by molar-refractivity contribution is 0.290. The molecule has 0 atom stereocenters. The molecule has 0 spiro atoms. The van der Waals surface area contributed by atoms with Gasteiger partial charge in [0.15, 0.2) is 0 Å². The van der Waals surface area contributed by atoms with E-state index >= 15 is 0 Å². The predicted octanol–water partition coefficient (Wildman–Crippen LogP) is 3.67.